The zero-order valence-corrected chi connectivity index (χ0v) is 13.0. The first kappa shape index (κ1) is 14.8. The third-order valence-electron chi connectivity index (χ3n) is 3.29. The highest BCUT2D eigenvalue weighted by Gasteiger charge is 2.07. The summed E-state index contributed by atoms with van der Waals surface area (Å²) >= 11 is 3.43. The largest absolute Gasteiger partial charge is 0.365 e. The molecular formula is C16H12BrF2N3. The Labute approximate surface area is 134 Å². The molecule has 1 N–H and O–H groups in total. The predicted molar refractivity (Wildman–Crippen MR) is 86.0 cm³/mol. The van der Waals surface area contributed by atoms with E-state index >= 15 is 0 Å². The fraction of sp³-hybridized carbons (Fsp3) is 0.125. The van der Waals surface area contributed by atoms with Crippen LogP contribution in [0.5, 0.6) is 0 Å². The molecule has 0 spiro atoms. The van der Waals surface area contributed by atoms with Crippen LogP contribution in [0.3, 0.4) is 0 Å². The van der Waals surface area contributed by atoms with E-state index in [9.17, 15) is 8.78 Å². The fourth-order valence-electron chi connectivity index (χ4n) is 2.14. The van der Waals surface area contributed by atoms with Crippen molar-refractivity contribution in [3.05, 3.63) is 64.4 Å². The van der Waals surface area contributed by atoms with Crippen LogP contribution in [0.1, 0.15) is 17.6 Å². The Hall–Kier alpha value is -2.08. The lowest BCUT2D eigenvalue weighted by Gasteiger charge is -2.09. The van der Waals surface area contributed by atoms with Crippen LogP contribution in [-0.2, 0) is 6.54 Å². The molecule has 0 aliphatic heterocycles. The van der Waals surface area contributed by atoms with Gasteiger partial charge in [0.25, 0.3) is 6.43 Å². The van der Waals surface area contributed by atoms with Gasteiger partial charge in [0.15, 0.2) is 0 Å². The molecule has 0 aliphatic rings. The van der Waals surface area contributed by atoms with Crippen LogP contribution in [0.2, 0.25) is 0 Å². The first-order chi connectivity index (χ1) is 10.6. The minimum Gasteiger partial charge on any atom is -0.365 e. The molecule has 0 fully saturated rings. The van der Waals surface area contributed by atoms with Crippen molar-refractivity contribution in [1.82, 2.24) is 9.97 Å². The lowest BCUT2D eigenvalue weighted by molar-refractivity contribution is 0.151. The Morgan fingerprint density at radius 1 is 1.05 bits per heavy atom. The minimum atomic E-state index is -2.44. The van der Waals surface area contributed by atoms with Gasteiger partial charge in [0.2, 0.25) is 0 Å². The summed E-state index contributed by atoms with van der Waals surface area (Å²) in [6, 6.07) is 12.0. The number of hydrogen-bond donors (Lipinski definition) is 1. The highest BCUT2D eigenvalue weighted by atomic mass is 79.9. The number of nitrogens with zero attached hydrogens (tertiary/aromatic N) is 2. The second-order valence-corrected chi connectivity index (χ2v) is 5.70. The van der Waals surface area contributed by atoms with E-state index in [0.717, 1.165) is 20.9 Å². The second kappa shape index (κ2) is 6.36. The zero-order chi connectivity index (χ0) is 15.5. The van der Waals surface area contributed by atoms with Crippen LogP contribution in [0.4, 0.5) is 14.6 Å². The van der Waals surface area contributed by atoms with Crippen molar-refractivity contribution >= 4 is 32.7 Å². The molecule has 0 saturated carbocycles. The van der Waals surface area contributed by atoms with Gasteiger partial charge >= 0.3 is 0 Å². The van der Waals surface area contributed by atoms with E-state index in [1.54, 1.807) is 12.1 Å². The Balaban J connectivity index is 1.80. The third-order valence-corrected chi connectivity index (χ3v) is 3.78. The molecule has 0 saturated heterocycles. The van der Waals surface area contributed by atoms with Crippen molar-refractivity contribution in [2.45, 2.75) is 13.0 Å². The van der Waals surface area contributed by atoms with Crippen LogP contribution >= 0.6 is 15.9 Å². The number of aromatic nitrogens is 2. The van der Waals surface area contributed by atoms with Crippen molar-refractivity contribution in [1.29, 1.82) is 0 Å². The van der Waals surface area contributed by atoms with Gasteiger partial charge in [-0.1, -0.05) is 40.2 Å². The van der Waals surface area contributed by atoms with E-state index in [2.05, 4.69) is 31.2 Å². The number of rotatable bonds is 4. The summed E-state index contributed by atoms with van der Waals surface area (Å²) in [5.41, 5.74) is 1.78. The maximum atomic E-state index is 12.5. The molecular weight excluding hydrogens is 352 g/mol. The van der Waals surface area contributed by atoms with Gasteiger partial charge in [0, 0.05) is 22.0 Å². The molecule has 0 amide bonds. The minimum absolute atomic E-state index is 0.0279. The van der Waals surface area contributed by atoms with Crippen LogP contribution < -0.4 is 5.32 Å². The van der Waals surface area contributed by atoms with Gasteiger partial charge < -0.3 is 5.32 Å². The monoisotopic (exact) mass is 363 g/mol. The molecule has 22 heavy (non-hydrogen) atoms. The quantitative estimate of drug-likeness (QED) is 0.713. The summed E-state index contributed by atoms with van der Waals surface area (Å²) in [7, 11) is 0. The number of anilines is 1. The SMILES string of the molecule is FC(F)c1ccc(CNc2ncnc3ccc(Br)cc23)cc1. The molecule has 3 rings (SSSR count). The van der Waals surface area contributed by atoms with Gasteiger partial charge in [0.1, 0.15) is 12.1 Å². The summed E-state index contributed by atoms with van der Waals surface area (Å²) in [5.74, 6) is 0.712. The first-order valence-electron chi connectivity index (χ1n) is 6.64. The molecule has 1 heterocycles. The molecule has 2 aromatic carbocycles. The maximum absolute atomic E-state index is 12.5. The molecule has 3 nitrogen and oxygen atoms in total. The molecule has 6 heteroatoms. The van der Waals surface area contributed by atoms with E-state index in [4.69, 9.17) is 0 Å². The van der Waals surface area contributed by atoms with Crippen LogP contribution in [0, 0.1) is 0 Å². The van der Waals surface area contributed by atoms with Gasteiger partial charge in [-0.2, -0.15) is 0 Å². The summed E-state index contributed by atoms with van der Waals surface area (Å²) in [5, 5.41) is 4.12. The van der Waals surface area contributed by atoms with E-state index in [1.165, 1.54) is 18.5 Å². The number of fused-ring (bicyclic) bond motifs is 1. The van der Waals surface area contributed by atoms with Crippen LogP contribution in [-0.4, -0.2) is 9.97 Å². The molecule has 112 valence electrons. The normalized spacial score (nSPS) is 11.1. The standard InChI is InChI=1S/C16H12BrF2N3/c17-12-5-6-14-13(7-12)16(22-9-21-14)20-8-10-1-3-11(4-2-10)15(18)19/h1-7,9,15H,8H2,(H,20,21,22). The maximum Gasteiger partial charge on any atom is 0.263 e. The zero-order valence-electron chi connectivity index (χ0n) is 11.4. The Kier molecular flexibility index (Phi) is 4.29. The van der Waals surface area contributed by atoms with Gasteiger partial charge in [-0.05, 0) is 23.8 Å². The Morgan fingerprint density at radius 3 is 2.55 bits per heavy atom. The highest BCUT2D eigenvalue weighted by Crippen LogP contribution is 2.24. The lowest BCUT2D eigenvalue weighted by atomic mass is 10.1. The van der Waals surface area contributed by atoms with Crippen molar-refractivity contribution in [3.8, 4) is 0 Å². The van der Waals surface area contributed by atoms with Gasteiger partial charge in [-0.25, -0.2) is 18.7 Å². The predicted octanol–water partition coefficient (Wildman–Crippen LogP) is 4.94. The van der Waals surface area contributed by atoms with Gasteiger partial charge in [-0.3, -0.25) is 0 Å². The fourth-order valence-corrected chi connectivity index (χ4v) is 2.50. The Morgan fingerprint density at radius 2 is 1.82 bits per heavy atom. The lowest BCUT2D eigenvalue weighted by Crippen LogP contribution is -2.02. The Bertz CT molecular complexity index is 791. The summed E-state index contributed by atoms with van der Waals surface area (Å²) < 4.78 is 26.0. The summed E-state index contributed by atoms with van der Waals surface area (Å²) in [6.07, 6.45) is -0.941. The number of hydrogen-bond acceptors (Lipinski definition) is 3. The average molecular weight is 364 g/mol. The summed E-state index contributed by atoms with van der Waals surface area (Å²) in [4.78, 5) is 8.46. The van der Waals surface area contributed by atoms with E-state index in [-0.39, 0.29) is 5.56 Å². The number of benzene rings is 2. The second-order valence-electron chi connectivity index (χ2n) is 4.78. The molecule has 0 radical (unpaired) electrons. The van der Waals surface area contributed by atoms with E-state index in [0.29, 0.717) is 12.4 Å². The van der Waals surface area contributed by atoms with Crippen molar-refractivity contribution < 1.29 is 8.78 Å². The topological polar surface area (TPSA) is 37.8 Å². The first-order valence-corrected chi connectivity index (χ1v) is 7.44. The van der Waals surface area contributed by atoms with E-state index in [1.807, 2.05) is 18.2 Å². The van der Waals surface area contributed by atoms with Crippen molar-refractivity contribution in [2.24, 2.45) is 0 Å². The van der Waals surface area contributed by atoms with Gasteiger partial charge in [0.05, 0.1) is 5.52 Å². The summed E-state index contributed by atoms with van der Waals surface area (Å²) in [6.45, 7) is 0.502. The molecule has 0 bridgehead atoms. The van der Waals surface area contributed by atoms with Crippen LogP contribution in [0.25, 0.3) is 10.9 Å². The molecule has 3 aromatic rings. The molecule has 0 atom stereocenters. The number of alkyl halides is 2. The molecule has 1 aromatic heterocycles. The van der Waals surface area contributed by atoms with Crippen molar-refractivity contribution in [2.75, 3.05) is 5.32 Å². The average Bonchev–Trinajstić information content (AvgIpc) is 2.53. The smallest absolute Gasteiger partial charge is 0.263 e. The number of nitrogens with one attached hydrogen (secondary N) is 1. The number of halogens is 3. The highest BCUT2D eigenvalue weighted by molar-refractivity contribution is 9.10. The third kappa shape index (κ3) is 3.22. The van der Waals surface area contributed by atoms with Gasteiger partial charge in [-0.15, -0.1) is 0 Å². The van der Waals surface area contributed by atoms with E-state index < -0.39 is 6.43 Å². The van der Waals surface area contributed by atoms with Crippen molar-refractivity contribution in [3.63, 3.8) is 0 Å². The molecule has 0 aliphatic carbocycles. The molecule has 0 unspecified atom stereocenters. The van der Waals surface area contributed by atoms with Crippen LogP contribution in [0.15, 0.2) is 53.3 Å².